The second-order valence-electron chi connectivity index (χ2n) is 10.8. The molecule has 1 saturated carbocycles. The Labute approximate surface area is 256 Å². The molecule has 0 aliphatic heterocycles. The number of anilines is 5. The summed E-state index contributed by atoms with van der Waals surface area (Å²) < 4.78 is 5.27. The van der Waals surface area contributed by atoms with Crippen LogP contribution in [0.5, 0.6) is 5.75 Å². The van der Waals surface area contributed by atoms with E-state index in [-0.39, 0.29) is 18.4 Å². The first-order valence-electron chi connectivity index (χ1n) is 14.6. The van der Waals surface area contributed by atoms with Crippen molar-refractivity contribution >= 4 is 41.4 Å². The Morgan fingerprint density at radius 1 is 0.909 bits per heavy atom. The van der Waals surface area contributed by atoms with Crippen molar-refractivity contribution in [3.05, 3.63) is 84.6 Å². The van der Waals surface area contributed by atoms with E-state index < -0.39 is 18.1 Å². The van der Waals surface area contributed by atoms with Crippen LogP contribution in [0.15, 0.2) is 79.0 Å². The number of para-hydroxylation sites is 1. The number of aliphatic carboxylic acids is 1. The molecule has 0 spiro atoms. The number of amides is 1. The molecular formula is C32H36N8O4. The van der Waals surface area contributed by atoms with Gasteiger partial charge in [0.25, 0.3) is 0 Å². The lowest BCUT2D eigenvalue weighted by Gasteiger charge is -2.25. The second kappa shape index (κ2) is 14.3. The molecule has 1 fully saturated rings. The van der Waals surface area contributed by atoms with E-state index in [0.29, 0.717) is 23.5 Å². The number of carbonyl (C=O) groups excluding carboxylic acids is 1. The van der Waals surface area contributed by atoms with Gasteiger partial charge >= 0.3 is 12.1 Å². The van der Waals surface area contributed by atoms with E-state index in [1.807, 2.05) is 53.4 Å². The first kappa shape index (κ1) is 30.2. The number of rotatable bonds is 11. The fraction of sp³-hybridized carbons (Fsp3) is 0.312. The van der Waals surface area contributed by atoms with E-state index in [1.54, 1.807) is 44.6 Å². The molecule has 12 nitrogen and oxygen atoms in total. The maximum atomic E-state index is 12.4. The molecule has 1 aliphatic carbocycles. The van der Waals surface area contributed by atoms with Crippen LogP contribution in [0, 0.1) is 0 Å². The first-order chi connectivity index (χ1) is 21.4. The standard InChI is InChI=1S/C32H36N8O4/c1-39(2)32(43)44-25-18-16-22(17-19-25)21-26(28(41)42)35-30-36-29(34-23-11-5-3-6-12-23)37-31(38-30)40(24-13-7-4-8-14-24)27-15-9-10-20-33-27/h4,7-10,13-20,23,26H,3,5-6,11-12,21H2,1-2H3,(H,41,42)(H2,34,35,36,37,38)/t26-/m0/s1. The predicted molar refractivity (Wildman–Crippen MR) is 168 cm³/mol. The van der Waals surface area contributed by atoms with Gasteiger partial charge in [0.15, 0.2) is 0 Å². The summed E-state index contributed by atoms with van der Waals surface area (Å²) in [6.07, 6.45) is 6.79. The Kier molecular flexibility index (Phi) is 9.80. The molecule has 2 aromatic heterocycles. The smallest absolute Gasteiger partial charge is 0.414 e. The van der Waals surface area contributed by atoms with Crippen LogP contribution in [0.25, 0.3) is 0 Å². The van der Waals surface area contributed by atoms with Gasteiger partial charge in [0.05, 0.1) is 5.69 Å². The van der Waals surface area contributed by atoms with Crippen molar-refractivity contribution < 1.29 is 19.4 Å². The normalized spacial score (nSPS) is 13.9. The fourth-order valence-electron chi connectivity index (χ4n) is 4.91. The second-order valence-corrected chi connectivity index (χ2v) is 10.8. The quantitative estimate of drug-likeness (QED) is 0.197. The van der Waals surface area contributed by atoms with Crippen LogP contribution in [0.2, 0.25) is 0 Å². The zero-order valence-electron chi connectivity index (χ0n) is 24.8. The van der Waals surface area contributed by atoms with Gasteiger partial charge in [0.2, 0.25) is 17.8 Å². The third-order valence-corrected chi connectivity index (χ3v) is 7.19. The zero-order valence-corrected chi connectivity index (χ0v) is 24.8. The summed E-state index contributed by atoms with van der Waals surface area (Å²) in [5.41, 5.74) is 1.51. The van der Waals surface area contributed by atoms with E-state index in [1.165, 1.54) is 11.3 Å². The van der Waals surface area contributed by atoms with Gasteiger partial charge in [0.1, 0.15) is 17.6 Å². The van der Waals surface area contributed by atoms with E-state index in [0.717, 1.165) is 36.9 Å². The first-order valence-corrected chi connectivity index (χ1v) is 14.6. The summed E-state index contributed by atoms with van der Waals surface area (Å²) in [6.45, 7) is 0. The van der Waals surface area contributed by atoms with Crippen LogP contribution in [0.3, 0.4) is 0 Å². The third-order valence-electron chi connectivity index (χ3n) is 7.19. The third kappa shape index (κ3) is 7.97. The number of pyridine rings is 1. The minimum atomic E-state index is -1.07. The molecule has 0 radical (unpaired) electrons. The summed E-state index contributed by atoms with van der Waals surface area (Å²) in [5.74, 6) is 0.669. The number of hydrogen-bond donors (Lipinski definition) is 3. The minimum Gasteiger partial charge on any atom is -0.480 e. The molecule has 228 valence electrons. The number of carboxylic acid groups (broad SMARTS) is 1. The summed E-state index contributed by atoms with van der Waals surface area (Å²) >= 11 is 0. The molecule has 0 bridgehead atoms. The van der Waals surface area contributed by atoms with Crippen molar-refractivity contribution in [3.8, 4) is 5.75 Å². The highest BCUT2D eigenvalue weighted by molar-refractivity contribution is 5.77. The van der Waals surface area contributed by atoms with Crippen LogP contribution >= 0.6 is 0 Å². The Morgan fingerprint density at radius 2 is 1.61 bits per heavy atom. The van der Waals surface area contributed by atoms with Crippen molar-refractivity contribution in [2.24, 2.45) is 0 Å². The number of ether oxygens (including phenoxy) is 1. The number of nitrogens with one attached hydrogen (secondary N) is 2. The lowest BCUT2D eigenvalue weighted by molar-refractivity contribution is -0.137. The topological polar surface area (TPSA) is 146 Å². The molecular weight excluding hydrogens is 560 g/mol. The Hall–Kier alpha value is -5.26. The zero-order chi connectivity index (χ0) is 30.9. The van der Waals surface area contributed by atoms with Gasteiger partial charge in [-0.1, -0.05) is 55.7 Å². The molecule has 2 aromatic carbocycles. The molecule has 1 atom stereocenters. The summed E-state index contributed by atoms with van der Waals surface area (Å²) in [7, 11) is 3.19. The van der Waals surface area contributed by atoms with Crippen LogP contribution in [-0.2, 0) is 11.2 Å². The highest BCUT2D eigenvalue weighted by atomic mass is 16.6. The van der Waals surface area contributed by atoms with E-state index in [9.17, 15) is 14.7 Å². The largest absolute Gasteiger partial charge is 0.480 e. The lowest BCUT2D eigenvalue weighted by Crippen LogP contribution is -2.33. The van der Waals surface area contributed by atoms with Crippen molar-refractivity contribution in [1.29, 1.82) is 0 Å². The van der Waals surface area contributed by atoms with Crippen LogP contribution in [-0.4, -0.2) is 68.2 Å². The average Bonchev–Trinajstić information content (AvgIpc) is 3.03. The highest BCUT2D eigenvalue weighted by Crippen LogP contribution is 2.32. The van der Waals surface area contributed by atoms with Gasteiger partial charge in [0, 0.05) is 32.8 Å². The van der Waals surface area contributed by atoms with Gasteiger partial charge < -0.3 is 25.4 Å². The predicted octanol–water partition coefficient (Wildman–Crippen LogP) is 5.65. The van der Waals surface area contributed by atoms with Crippen LogP contribution < -0.4 is 20.3 Å². The number of carboxylic acids is 1. The van der Waals surface area contributed by atoms with E-state index in [2.05, 4.69) is 20.6 Å². The minimum absolute atomic E-state index is 0.120. The number of nitrogens with zero attached hydrogens (tertiary/aromatic N) is 6. The van der Waals surface area contributed by atoms with Gasteiger partial charge in [-0.2, -0.15) is 15.0 Å². The molecule has 0 unspecified atom stereocenters. The number of hydrogen-bond acceptors (Lipinski definition) is 10. The Morgan fingerprint density at radius 3 is 2.27 bits per heavy atom. The maximum Gasteiger partial charge on any atom is 0.414 e. The Bertz CT molecular complexity index is 1490. The van der Waals surface area contributed by atoms with Crippen molar-refractivity contribution in [2.45, 2.75) is 50.6 Å². The SMILES string of the molecule is CN(C)C(=O)Oc1ccc(C[C@H](Nc2nc(NC3CCCCC3)nc(N(c3ccccc3)c3ccccn3)n2)C(=O)O)cc1. The van der Waals surface area contributed by atoms with Gasteiger partial charge in [-0.05, 0) is 54.8 Å². The average molecular weight is 597 g/mol. The monoisotopic (exact) mass is 596 g/mol. The molecule has 5 rings (SSSR count). The highest BCUT2D eigenvalue weighted by Gasteiger charge is 2.24. The van der Waals surface area contributed by atoms with Gasteiger partial charge in [-0.3, -0.25) is 4.90 Å². The van der Waals surface area contributed by atoms with Crippen LogP contribution in [0.4, 0.5) is 34.1 Å². The van der Waals surface area contributed by atoms with Crippen molar-refractivity contribution in [3.63, 3.8) is 0 Å². The van der Waals surface area contributed by atoms with Crippen LogP contribution in [0.1, 0.15) is 37.7 Å². The molecule has 0 saturated heterocycles. The Balaban J connectivity index is 1.46. The molecule has 12 heteroatoms. The molecule has 1 amide bonds. The van der Waals surface area contributed by atoms with Crippen molar-refractivity contribution in [1.82, 2.24) is 24.8 Å². The van der Waals surface area contributed by atoms with E-state index in [4.69, 9.17) is 14.7 Å². The van der Waals surface area contributed by atoms with E-state index >= 15 is 0 Å². The van der Waals surface area contributed by atoms with Gasteiger partial charge in [-0.25, -0.2) is 14.6 Å². The molecule has 1 aliphatic rings. The summed E-state index contributed by atoms with van der Waals surface area (Å²) in [5, 5.41) is 16.6. The van der Waals surface area contributed by atoms with Gasteiger partial charge in [-0.15, -0.1) is 0 Å². The number of carbonyl (C=O) groups is 2. The molecule has 4 aromatic rings. The molecule has 3 N–H and O–H groups in total. The summed E-state index contributed by atoms with van der Waals surface area (Å²) in [6, 6.07) is 21.1. The molecule has 2 heterocycles. The van der Waals surface area contributed by atoms with Crippen molar-refractivity contribution in [2.75, 3.05) is 29.6 Å². The number of benzene rings is 2. The summed E-state index contributed by atoms with van der Waals surface area (Å²) in [4.78, 5) is 46.0. The maximum absolute atomic E-state index is 12.4. The fourth-order valence-corrected chi connectivity index (χ4v) is 4.91. The molecule has 44 heavy (non-hydrogen) atoms. The lowest BCUT2D eigenvalue weighted by atomic mass is 9.96. The number of aromatic nitrogens is 4.